The first-order valence-electron chi connectivity index (χ1n) is 5.27. The van der Waals surface area contributed by atoms with E-state index in [0.717, 1.165) is 0 Å². The summed E-state index contributed by atoms with van der Waals surface area (Å²) < 4.78 is 9.91. The number of hydrogen-bond acceptors (Lipinski definition) is 4. The highest BCUT2D eigenvalue weighted by Gasteiger charge is 2.47. The Labute approximate surface area is 109 Å². The van der Waals surface area contributed by atoms with Crippen LogP contribution in [0.2, 0.25) is 0 Å². The van der Waals surface area contributed by atoms with E-state index in [1.165, 1.54) is 0 Å². The molecule has 0 spiro atoms. The Hall–Kier alpha value is -0.330. The highest BCUT2D eigenvalue weighted by atomic mass is 127. The van der Waals surface area contributed by atoms with Gasteiger partial charge in [-0.3, -0.25) is 4.79 Å². The number of carbonyl (C=O) groups excluding carboxylic acids is 2. The molecular formula is C11H17IO4. The van der Waals surface area contributed by atoms with E-state index < -0.39 is 17.5 Å². The second-order valence-corrected chi connectivity index (χ2v) is 6.40. The molecule has 5 heteroatoms. The molecule has 1 aliphatic rings. The van der Waals surface area contributed by atoms with Gasteiger partial charge in [0, 0.05) is 5.41 Å². The fourth-order valence-electron chi connectivity index (χ4n) is 1.39. The number of carbonyl (C=O) groups is 2. The Morgan fingerprint density at radius 2 is 2.12 bits per heavy atom. The zero-order valence-corrected chi connectivity index (χ0v) is 12.1. The van der Waals surface area contributed by atoms with Crippen molar-refractivity contribution in [3.63, 3.8) is 0 Å². The quantitative estimate of drug-likeness (QED) is 0.448. The highest BCUT2D eigenvalue weighted by molar-refractivity contribution is 14.1. The summed E-state index contributed by atoms with van der Waals surface area (Å²) in [7, 11) is 0. The molecule has 1 unspecified atom stereocenters. The average Bonchev–Trinajstić information content (AvgIpc) is 2.43. The Morgan fingerprint density at radius 3 is 2.50 bits per heavy atom. The van der Waals surface area contributed by atoms with Crippen molar-refractivity contribution in [1.82, 2.24) is 0 Å². The van der Waals surface area contributed by atoms with Crippen molar-refractivity contribution in [2.75, 3.05) is 6.61 Å². The van der Waals surface area contributed by atoms with E-state index in [2.05, 4.69) is 0 Å². The first-order valence-corrected chi connectivity index (χ1v) is 6.51. The van der Waals surface area contributed by atoms with Gasteiger partial charge in [-0.25, -0.2) is 4.79 Å². The second-order valence-electron chi connectivity index (χ2n) is 5.06. The zero-order chi connectivity index (χ0) is 12.5. The van der Waals surface area contributed by atoms with E-state index >= 15 is 0 Å². The monoisotopic (exact) mass is 340 g/mol. The molecule has 0 aromatic rings. The van der Waals surface area contributed by atoms with Gasteiger partial charge in [-0.1, -0.05) is 50.3 Å². The number of esters is 2. The van der Waals surface area contributed by atoms with Crippen LogP contribution in [-0.2, 0) is 19.1 Å². The van der Waals surface area contributed by atoms with Crippen molar-refractivity contribution in [3.05, 3.63) is 0 Å². The molecule has 0 bridgehead atoms. The fraction of sp³-hybridized carbons (Fsp3) is 0.818. The molecule has 0 aliphatic carbocycles. The maximum absolute atomic E-state index is 11.7. The predicted molar refractivity (Wildman–Crippen MR) is 67.3 cm³/mol. The topological polar surface area (TPSA) is 52.6 Å². The van der Waals surface area contributed by atoms with Crippen molar-refractivity contribution in [2.24, 2.45) is 11.3 Å². The van der Waals surface area contributed by atoms with Gasteiger partial charge >= 0.3 is 11.9 Å². The molecule has 4 nitrogen and oxygen atoms in total. The van der Waals surface area contributed by atoms with Gasteiger partial charge in [0.2, 0.25) is 6.10 Å². The third-order valence-electron chi connectivity index (χ3n) is 2.55. The van der Waals surface area contributed by atoms with Gasteiger partial charge in [0.15, 0.2) is 0 Å². The maximum atomic E-state index is 11.7. The van der Waals surface area contributed by atoms with E-state index in [1.807, 2.05) is 50.3 Å². The van der Waals surface area contributed by atoms with E-state index in [1.54, 1.807) is 0 Å². The Bertz CT molecular complexity index is 298. The minimum absolute atomic E-state index is 0.189. The van der Waals surface area contributed by atoms with Crippen molar-refractivity contribution in [1.29, 1.82) is 0 Å². The lowest BCUT2D eigenvalue weighted by molar-refractivity contribution is -0.162. The van der Waals surface area contributed by atoms with Gasteiger partial charge in [-0.05, 0) is 5.92 Å². The number of ether oxygens (including phenoxy) is 2. The largest absolute Gasteiger partial charge is 0.462 e. The summed E-state index contributed by atoms with van der Waals surface area (Å²) >= 11 is 2.04. The van der Waals surface area contributed by atoms with Crippen molar-refractivity contribution >= 4 is 34.5 Å². The minimum Gasteiger partial charge on any atom is -0.462 e. The third kappa shape index (κ3) is 2.87. The van der Waals surface area contributed by atoms with Gasteiger partial charge in [0.1, 0.15) is 10.5 Å². The minimum atomic E-state index is -0.768. The number of halogens is 1. The SMILES string of the molecule is CC(C)C(I)C(=O)O[C@H]1C(=O)OCC1(C)C. The lowest BCUT2D eigenvalue weighted by Crippen LogP contribution is -2.37. The van der Waals surface area contributed by atoms with Gasteiger partial charge in [0.05, 0.1) is 0 Å². The molecule has 92 valence electrons. The predicted octanol–water partition coefficient (Wildman–Crippen LogP) is 1.94. The zero-order valence-electron chi connectivity index (χ0n) is 9.95. The van der Waals surface area contributed by atoms with Gasteiger partial charge in [0.25, 0.3) is 0 Å². The highest BCUT2D eigenvalue weighted by Crippen LogP contribution is 2.32. The van der Waals surface area contributed by atoms with Crippen LogP contribution in [0.3, 0.4) is 0 Å². The van der Waals surface area contributed by atoms with E-state index in [-0.39, 0.29) is 15.8 Å². The lowest BCUT2D eigenvalue weighted by atomic mass is 9.90. The molecule has 0 saturated carbocycles. The van der Waals surface area contributed by atoms with Crippen molar-refractivity contribution in [2.45, 2.75) is 37.7 Å². The molecule has 1 aliphatic heterocycles. The molecule has 0 aromatic carbocycles. The number of rotatable bonds is 3. The smallest absolute Gasteiger partial charge is 0.348 e. The van der Waals surface area contributed by atoms with E-state index in [4.69, 9.17) is 9.47 Å². The summed E-state index contributed by atoms with van der Waals surface area (Å²) in [5, 5.41) is 0. The number of alkyl halides is 1. The summed E-state index contributed by atoms with van der Waals surface area (Å²) in [4.78, 5) is 23.2. The normalized spacial score (nSPS) is 25.4. The molecule has 1 rings (SSSR count). The van der Waals surface area contributed by atoms with Crippen LogP contribution in [0.25, 0.3) is 0 Å². The maximum Gasteiger partial charge on any atom is 0.348 e. The number of hydrogen-bond donors (Lipinski definition) is 0. The van der Waals surface area contributed by atoms with Crippen LogP contribution >= 0.6 is 22.6 Å². The Kier molecular flexibility index (Phi) is 4.20. The lowest BCUT2D eigenvalue weighted by Gasteiger charge is -2.23. The Balaban J connectivity index is 2.67. The van der Waals surface area contributed by atoms with Crippen molar-refractivity contribution in [3.8, 4) is 0 Å². The molecular weight excluding hydrogens is 323 g/mol. The first-order chi connectivity index (χ1) is 7.25. The van der Waals surface area contributed by atoms with Gasteiger partial charge < -0.3 is 9.47 Å². The van der Waals surface area contributed by atoms with Crippen LogP contribution in [0.5, 0.6) is 0 Å². The van der Waals surface area contributed by atoms with Crippen LogP contribution < -0.4 is 0 Å². The summed E-state index contributed by atoms with van der Waals surface area (Å²) in [5.74, 6) is -0.591. The van der Waals surface area contributed by atoms with Crippen LogP contribution in [0.1, 0.15) is 27.7 Å². The fourth-order valence-corrected chi connectivity index (χ4v) is 1.54. The molecule has 1 heterocycles. The van der Waals surface area contributed by atoms with Crippen molar-refractivity contribution < 1.29 is 19.1 Å². The third-order valence-corrected chi connectivity index (χ3v) is 4.50. The molecule has 0 amide bonds. The molecule has 1 saturated heterocycles. The molecule has 1 fully saturated rings. The van der Waals surface area contributed by atoms with Crippen LogP contribution in [-0.4, -0.2) is 28.6 Å². The van der Waals surface area contributed by atoms with Crippen LogP contribution in [0, 0.1) is 11.3 Å². The van der Waals surface area contributed by atoms with Gasteiger partial charge in [-0.2, -0.15) is 0 Å². The summed E-state index contributed by atoms with van der Waals surface area (Å²) in [5.41, 5.74) is -0.430. The number of cyclic esters (lactones) is 1. The summed E-state index contributed by atoms with van der Waals surface area (Å²) in [6.07, 6.45) is -0.768. The van der Waals surface area contributed by atoms with Crippen LogP contribution in [0.15, 0.2) is 0 Å². The van der Waals surface area contributed by atoms with E-state index in [0.29, 0.717) is 6.61 Å². The molecule has 0 N–H and O–H groups in total. The first kappa shape index (κ1) is 13.7. The standard InChI is InChI=1S/C11H17IO4/c1-6(2)7(12)9(13)16-8-10(14)15-5-11(8,3)4/h6-8H,5H2,1-4H3/t7?,8-/m0/s1. The van der Waals surface area contributed by atoms with E-state index in [9.17, 15) is 9.59 Å². The summed E-state index contributed by atoms with van der Waals surface area (Å²) in [6.45, 7) is 7.89. The molecule has 0 radical (unpaired) electrons. The Morgan fingerprint density at radius 1 is 1.56 bits per heavy atom. The average molecular weight is 340 g/mol. The molecule has 16 heavy (non-hydrogen) atoms. The van der Waals surface area contributed by atoms with Crippen LogP contribution in [0.4, 0.5) is 0 Å². The van der Waals surface area contributed by atoms with Gasteiger partial charge in [-0.15, -0.1) is 0 Å². The second kappa shape index (κ2) is 4.89. The molecule has 2 atom stereocenters. The summed E-state index contributed by atoms with van der Waals surface area (Å²) in [6, 6.07) is 0. The molecule has 0 aromatic heterocycles.